The van der Waals surface area contributed by atoms with Crippen LogP contribution in [0.5, 0.6) is 0 Å². The Balaban J connectivity index is 0.00000123. The van der Waals surface area contributed by atoms with Gasteiger partial charge < -0.3 is 15.4 Å². The second-order valence-corrected chi connectivity index (χ2v) is 10.3. The summed E-state index contributed by atoms with van der Waals surface area (Å²) in [6.45, 7) is 7.90. The molecule has 4 aromatic heterocycles. The summed E-state index contributed by atoms with van der Waals surface area (Å²) in [6, 6.07) is 11.0. The number of pyridine rings is 1. The van der Waals surface area contributed by atoms with E-state index in [1.807, 2.05) is 49.0 Å². The quantitative estimate of drug-likeness (QED) is 0.414. The molecule has 4 aromatic rings. The molecular weight excluding hydrogens is 464 g/mol. The highest BCUT2D eigenvalue weighted by atomic mass is 16.5. The lowest BCUT2D eigenvalue weighted by atomic mass is 9.80. The van der Waals surface area contributed by atoms with Gasteiger partial charge in [-0.25, -0.2) is 14.5 Å². The van der Waals surface area contributed by atoms with Gasteiger partial charge in [-0.2, -0.15) is 10.2 Å². The SMILES string of the molecule is CC.c1cc(NC2CCC3(CNC3)C2)nc(-c2cnc3ccc(-c4cnn(C5CCOCC5)c4)nn23)c1. The summed E-state index contributed by atoms with van der Waals surface area (Å²) >= 11 is 0. The lowest BCUT2D eigenvalue weighted by Gasteiger charge is -2.39. The fraction of sp³-hybridized carbons (Fsp3) is 0.500. The molecule has 1 aliphatic carbocycles. The Hall–Kier alpha value is -3.30. The second-order valence-electron chi connectivity index (χ2n) is 10.3. The number of rotatable bonds is 5. The van der Waals surface area contributed by atoms with Gasteiger partial charge in [0.25, 0.3) is 0 Å². The first-order chi connectivity index (χ1) is 18.2. The van der Waals surface area contributed by atoms with Crippen LogP contribution in [0.3, 0.4) is 0 Å². The molecule has 0 aromatic carbocycles. The van der Waals surface area contributed by atoms with Crippen molar-refractivity contribution in [1.29, 1.82) is 0 Å². The number of imidazole rings is 1. The van der Waals surface area contributed by atoms with Crippen LogP contribution < -0.4 is 10.6 Å². The molecule has 194 valence electrons. The van der Waals surface area contributed by atoms with Gasteiger partial charge in [0, 0.05) is 44.1 Å². The van der Waals surface area contributed by atoms with Crippen LogP contribution in [-0.4, -0.2) is 61.7 Å². The zero-order valence-corrected chi connectivity index (χ0v) is 21.7. The molecule has 0 bridgehead atoms. The second kappa shape index (κ2) is 10.2. The number of aromatic nitrogens is 6. The normalized spacial score (nSPS) is 21.0. The highest BCUT2D eigenvalue weighted by Crippen LogP contribution is 2.42. The Morgan fingerprint density at radius 2 is 1.89 bits per heavy atom. The van der Waals surface area contributed by atoms with Crippen molar-refractivity contribution in [2.75, 3.05) is 31.6 Å². The van der Waals surface area contributed by atoms with E-state index in [2.05, 4.69) is 43.7 Å². The number of fused-ring (bicyclic) bond motifs is 1. The van der Waals surface area contributed by atoms with Crippen molar-refractivity contribution in [1.82, 2.24) is 34.7 Å². The molecule has 2 N–H and O–H groups in total. The predicted octanol–water partition coefficient (Wildman–Crippen LogP) is 4.59. The van der Waals surface area contributed by atoms with E-state index >= 15 is 0 Å². The van der Waals surface area contributed by atoms with Crippen LogP contribution in [0, 0.1) is 5.41 Å². The van der Waals surface area contributed by atoms with Gasteiger partial charge in [-0.15, -0.1) is 0 Å². The monoisotopic (exact) mass is 500 g/mol. The van der Waals surface area contributed by atoms with E-state index in [4.69, 9.17) is 14.8 Å². The summed E-state index contributed by atoms with van der Waals surface area (Å²) in [4.78, 5) is 9.51. The fourth-order valence-electron chi connectivity index (χ4n) is 5.82. The number of hydrogen-bond donors (Lipinski definition) is 2. The molecule has 3 aliphatic rings. The third-order valence-electron chi connectivity index (χ3n) is 7.89. The van der Waals surface area contributed by atoms with Crippen LogP contribution in [0.2, 0.25) is 0 Å². The van der Waals surface area contributed by atoms with Crippen molar-refractivity contribution in [3.63, 3.8) is 0 Å². The Morgan fingerprint density at radius 3 is 2.68 bits per heavy atom. The van der Waals surface area contributed by atoms with E-state index in [9.17, 15) is 0 Å². The number of nitrogens with zero attached hydrogens (tertiary/aromatic N) is 6. The standard InChI is InChI=1S/C26H30N8O.C2H6/c1-2-22(31-24(3-1)30-19-6-9-26(12-19)16-27-17-26)23-14-28-25-5-4-21(32-34(23)25)18-13-29-33(15-18)20-7-10-35-11-8-20;1-2/h1-5,13-15,19-20,27H,6-12,16-17H2,(H,30,31);1-2H3. The van der Waals surface area contributed by atoms with Gasteiger partial charge in [0.1, 0.15) is 11.5 Å². The van der Waals surface area contributed by atoms with Crippen molar-refractivity contribution in [2.24, 2.45) is 5.41 Å². The number of hydrogen-bond acceptors (Lipinski definition) is 7. The summed E-state index contributed by atoms with van der Waals surface area (Å²) in [7, 11) is 0. The molecule has 1 saturated carbocycles. The van der Waals surface area contributed by atoms with Crippen LogP contribution in [-0.2, 0) is 4.74 Å². The predicted molar refractivity (Wildman–Crippen MR) is 144 cm³/mol. The minimum atomic E-state index is 0.389. The molecule has 0 amide bonds. The zero-order chi connectivity index (χ0) is 25.2. The van der Waals surface area contributed by atoms with E-state index in [1.54, 1.807) is 0 Å². The van der Waals surface area contributed by atoms with Gasteiger partial charge in [0.15, 0.2) is 5.65 Å². The lowest BCUT2D eigenvalue weighted by Crippen LogP contribution is -2.52. The molecule has 7 rings (SSSR count). The molecular formula is C28H36N8O. The highest BCUT2D eigenvalue weighted by Gasteiger charge is 2.43. The first-order valence-electron chi connectivity index (χ1n) is 13.7. The van der Waals surface area contributed by atoms with Crippen LogP contribution >= 0.6 is 0 Å². The Kier molecular flexibility index (Phi) is 6.65. The average molecular weight is 501 g/mol. The minimum Gasteiger partial charge on any atom is -0.381 e. The average Bonchev–Trinajstić information content (AvgIpc) is 3.68. The summed E-state index contributed by atoms with van der Waals surface area (Å²) < 4.78 is 9.44. The molecule has 0 radical (unpaired) electrons. The third-order valence-corrected chi connectivity index (χ3v) is 7.89. The van der Waals surface area contributed by atoms with Crippen molar-refractivity contribution in [3.8, 4) is 22.6 Å². The van der Waals surface area contributed by atoms with Gasteiger partial charge in [0.2, 0.25) is 0 Å². The topological polar surface area (TPSA) is 94.2 Å². The number of nitrogens with one attached hydrogen (secondary N) is 2. The number of anilines is 1. The summed E-state index contributed by atoms with van der Waals surface area (Å²) in [6.07, 6.45) is 11.5. The van der Waals surface area contributed by atoms with Gasteiger partial charge in [-0.3, -0.25) is 4.68 Å². The maximum absolute atomic E-state index is 5.49. The fourth-order valence-corrected chi connectivity index (χ4v) is 5.82. The smallest absolute Gasteiger partial charge is 0.154 e. The van der Waals surface area contributed by atoms with Crippen molar-refractivity contribution in [2.45, 2.75) is 58.0 Å². The Labute approximate surface area is 217 Å². The summed E-state index contributed by atoms with van der Waals surface area (Å²) in [5.41, 5.74) is 4.93. The van der Waals surface area contributed by atoms with E-state index < -0.39 is 0 Å². The first kappa shape index (κ1) is 24.1. The van der Waals surface area contributed by atoms with Crippen molar-refractivity contribution < 1.29 is 4.74 Å². The van der Waals surface area contributed by atoms with Crippen LogP contribution in [0.25, 0.3) is 28.3 Å². The Bertz CT molecular complexity index is 1350. The molecule has 37 heavy (non-hydrogen) atoms. The maximum atomic E-state index is 5.49. The Morgan fingerprint density at radius 1 is 1.03 bits per heavy atom. The minimum absolute atomic E-state index is 0.389. The van der Waals surface area contributed by atoms with Gasteiger partial charge in [-0.1, -0.05) is 19.9 Å². The molecule has 3 fully saturated rings. The van der Waals surface area contributed by atoms with E-state index in [-0.39, 0.29) is 0 Å². The van der Waals surface area contributed by atoms with Crippen LogP contribution in [0.4, 0.5) is 5.82 Å². The molecule has 1 spiro atoms. The van der Waals surface area contributed by atoms with E-state index in [1.165, 1.54) is 19.3 Å². The molecule has 9 heteroatoms. The molecule has 1 atom stereocenters. The van der Waals surface area contributed by atoms with E-state index in [0.717, 1.165) is 73.3 Å². The van der Waals surface area contributed by atoms with Gasteiger partial charge in [0.05, 0.1) is 29.8 Å². The molecule has 2 saturated heterocycles. The highest BCUT2D eigenvalue weighted by molar-refractivity contribution is 5.64. The molecule has 1 unspecified atom stereocenters. The largest absolute Gasteiger partial charge is 0.381 e. The van der Waals surface area contributed by atoms with Crippen LogP contribution in [0.1, 0.15) is 52.0 Å². The summed E-state index contributed by atoms with van der Waals surface area (Å²) in [5, 5.41) is 16.7. The lowest BCUT2D eigenvalue weighted by molar-refractivity contribution is 0.0662. The first-order valence-corrected chi connectivity index (χ1v) is 13.7. The maximum Gasteiger partial charge on any atom is 0.154 e. The molecule has 2 aliphatic heterocycles. The van der Waals surface area contributed by atoms with Crippen LogP contribution in [0.15, 0.2) is 48.9 Å². The number of ether oxygens (including phenoxy) is 1. The summed E-state index contributed by atoms with van der Waals surface area (Å²) in [5.74, 6) is 0.917. The molecule has 6 heterocycles. The van der Waals surface area contributed by atoms with Gasteiger partial charge in [-0.05, 0) is 61.8 Å². The molecule has 9 nitrogen and oxygen atoms in total. The van der Waals surface area contributed by atoms with Gasteiger partial charge >= 0.3 is 0 Å². The van der Waals surface area contributed by atoms with Crippen molar-refractivity contribution >= 4 is 11.5 Å². The third kappa shape index (κ3) is 4.73. The zero-order valence-electron chi connectivity index (χ0n) is 21.7. The van der Waals surface area contributed by atoms with Crippen molar-refractivity contribution in [3.05, 3.63) is 48.9 Å². The van der Waals surface area contributed by atoms with E-state index in [0.29, 0.717) is 17.5 Å².